The maximum Gasteiger partial charge on any atom is 0.246 e. The Morgan fingerprint density at radius 3 is 2.65 bits per heavy atom. The molecule has 1 aromatic heterocycles. The minimum Gasteiger partial charge on any atom is -0.395 e. The maximum absolute atomic E-state index is 9.07. The van der Waals surface area contributed by atoms with Gasteiger partial charge in [-0.15, -0.1) is 0 Å². The molecule has 0 fully saturated rings. The van der Waals surface area contributed by atoms with Crippen LogP contribution >= 0.6 is 0 Å². The molecule has 5 nitrogen and oxygen atoms in total. The molecule has 0 bridgehead atoms. The Morgan fingerprint density at radius 2 is 2.06 bits per heavy atom. The Kier molecular flexibility index (Phi) is 3.72. The second-order valence-electron chi connectivity index (χ2n) is 3.72. The zero-order chi connectivity index (χ0) is 12.1. The SMILES string of the molecule is Cc1noc(CN(CCO)c2ccccc2)n1. The van der Waals surface area contributed by atoms with Gasteiger partial charge in [-0.2, -0.15) is 4.98 Å². The molecule has 0 aliphatic carbocycles. The molecule has 17 heavy (non-hydrogen) atoms. The molecule has 1 aromatic carbocycles. The van der Waals surface area contributed by atoms with Crippen LogP contribution in [0.4, 0.5) is 5.69 Å². The average molecular weight is 233 g/mol. The Bertz CT molecular complexity index is 456. The van der Waals surface area contributed by atoms with Crippen LogP contribution in [0.5, 0.6) is 0 Å². The van der Waals surface area contributed by atoms with E-state index in [1.54, 1.807) is 6.92 Å². The summed E-state index contributed by atoms with van der Waals surface area (Å²) >= 11 is 0. The quantitative estimate of drug-likeness (QED) is 0.845. The molecule has 0 spiro atoms. The molecule has 0 saturated heterocycles. The van der Waals surface area contributed by atoms with Gasteiger partial charge in [0.25, 0.3) is 0 Å². The van der Waals surface area contributed by atoms with Gasteiger partial charge in [0.1, 0.15) is 0 Å². The van der Waals surface area contributed by atoms with E-state index in [0.717, 1.165) is 5.69 Å². The Morgan fingerprint density at radius 1 is 1.29 bits per heavy atom. The highest BCUT2D eigenvalue weighted by atomic mass is 16.5. The molecule has 0 amide bonds. The van der Waals surface area contributed by atoms with Crippen molar-refractivity contribution in [1.82, 2.24) is 10.1 Å². The number of hydrogen-bond donors (Lipinski definition) is 1. The van der Waals surface area contributed by atoms with Gasteiger partial charge in [-0.05, 0) is 19.1 Å². The first-order valence-corrected chi connectivity index (χ1v) is 5.49. The second kappa shape index (κ2) is 5.45. The predicted octanol–water partition coefficient (Wildman–Crippen LogP) is 1.38. The van der Waals surface area contributed by atoms with Gasteiger partial charge in [0.2, 0.25) is 5.89 Å². The van der Waals surface area contributed by atoms with Gasteiger partial charge in [-0.1, -0.05) is 23.4 Å². The number of aryl methyl sites for hydroxylation is 1. The molecule has 0 unspecified atom stereocenters. The molecule has 0 aliphatic heterocycles. The van der Waals surface area contributed by atoms with Gasteiger partial charge in [0.15, 0.2) is 5.82 Å². The van der Waals surface area contributed by atoms with Gasteiger partial charge < -0.3 is 14.5 Å². The summed E-state index contributed by atoms with van der Waals surface area (Å²) in [5.41, 5.74) is 1.03. The molecular formula is C12H15N3O2. The molecule has 1 heterocycles. The van der Waals surface area contributed by atoms with E-state index in [4.69, 9.17) is 9.63 Å². The minimum absolute atomic E-state index is 0.0853. The predicted molar refractivity (Wildman–Crippen MR) is 63.6 cm³/mol. The highest BCUT2D eigenvalue weighted by Crippen LogP contribution is 2.15. The van der Waals surface area contributed by atoms with Crippen molar-refractivity contribution in [3.8, 4) is 0 Å². The van der Waals surface area contributed by atoms with Crippen LogP contribution in [-0.2, 0) is 6.54 Å². The van der Waals surface area contributed by atoms with E-state index in [1.165, 1.54) is 0 Å². The number of hydrogen-bond acceptors (Lipinski definition) is 5. The Balaban J connectivity index is 2.13. The van der Waals surface area contributed by atoms with Crippen molar-refractivity contribution in [3.05, 3.63) is 42.0 Å². The van der Waals surface area contributed by atoms with Gasteiger partial charge in [-0.25, -0.2) is 0 Å². The van der Waals surface area contributed by atoms with Crippen LogP contribution in [-0.4, -0.2) is 28.4 Å². The molecule has 0 saturated carbocycles. The standard InChI is InChI=1S/C12H15N3O2/c1-10-13-12(17-14-10)9-15(7-8-16)11-5-3-2-4-6-11/h2-6,16H,7-9H2,1H3. The van der Waals surface area contributed by atoms with E-state index in [-0.39, 0.29) is 6.61 Å². The van der Waals surface area contributed by atoms with Crippen molar-refractivity contribution in [2.75, 3.05) is 18.1 Å². The zero-order valence-corrected chi connectivity index (χ0v) is 9.71. The lowest BCUT2D eigenvalue weighted by atomic mass is 10.3. The Hall–Kier alpha value is -1.88. The first-order valence-electron chi connectivity index (χ1n) is 5.49. The second-order valence-corrected chi connectivity index (χ2v) is 3.72. The van der Waals surface area contributed by atoms with E-state index in [1.807, 2.05) is 35.2 Å². The third kappa shape index (κ3) is 3.04. The van der Waals surface area contributed by atoms with Crippen LogP contribution in [0.3, 0.4) is 0 Å². The van der Waals surface area contributed by atoms with Crippen molar-refractivity contribution in [1.29, 1.82) is 0 Å². The number of rotatable bonds is 5. The van der Waals surface area contributed by atoms with Crippen molar-refractivity contribution >= 4 is 5.69 Å². The number of aliphatic hydroxyl groups excluding tert-OH is 1. The highest BCUT2D eigenvalue weighted by Gasteiger charge is 2.10. The van der Waals surface area contributed by atoms with E-state index in [9.17, 15) is 0 Å². The number of benzene rings is 1. The maximum atomic E-state index is 9.07. The largest absolute Gasteiger partial charge is 0.395 e. The molecule has 5 heteroatoms. The molecule has 2 rings (SSSR count). The van der Waals surface area contributed by atoms with Crippen molar-refractivity contribution in [3.63, 3.8) is 0 Å². The van der Waals surface area contributed by atoms with Crippen LogP contribution in [0.2, 0.25) is 0 Å². The van der Waals surface area contributed by atoms with Gasteiger partial charge >= 0.3 is 0 Å². The van der Waals surface area contributed by atoms with Crippen LogP contribution < -0.4 is 4.90 Å². The summed E-state index contributed by atoms with van der Waals surface area (Å²) in [4.78, 5) is 6.15. The average Bonchev–Trinajstić information content (AvgIpc) is 2.75. The summed E-state index contributed by atoms with van der Waals surface area (Å²) in [6.07, 6.45) is 0. The first-order chi connectivity index (χ1) is 8.29. The monoisotopic (exact) mass is 233 g/mol. The Labute approximate surface area is 99.7 Å². The normalized spacial score (nSPS) is 10.5. The molecule has 0 radical (unpaired) electrons. The summed E-state index contributed by atoms with van der Waals surface area (Å²) < 4.78 is 5.08. The number of anilines is 1. The van der Waals surface area contributed by atoms with Crippen molar-refractivity contribution in [2.24, 2.45) is 0 Å². The van der Waals surface area contributed by atoms with Crippen LogP contribution in [0.1, 0.15) is 11.7 Å². The minimum atomic E-state index is 0.0853. The first kappa shape index (κ1) is 11.6. The summed E-state index contributed by atoms with van der Waals surface area (Å²) in [5.74, 6) is 1.18. The van der Waals surface area contributed by atoms with E-state index in [2.05, 4.69) is 10.1 Å². The van der Waals surface area contributed by atoms with Crippen LogP contribution in [0.25, 0.3) is 0 Å². The number of aromatic nitrogens is 2. The number of nitrogens with zero attached hydrogens (tertiary/aromatic N) is 3. The molecular weight excluding hydrogens is 218 g/mol. The molecule has 90 valence electrons. The summed E-state index contributed by atoms with van der Waals surface area (Å²) in [5, 5.41) is 12.8. The van der Waals surface area contributed by atoms with E-state index < -0.39 is 0 Å². The summed E-state index contributed by atoms with van der Waals surface area (Å²) in [7, 11) is 0. The number of aliphatic hydroxyl groups is 1. The lowest BCUT2D eigenvalue weighted by Gasteiger charge is -2.21. The molecule has 2 aromatic rings. The fourth-order valence-corrected chi connectivity index (χ4v) is 1.63. The van der Waals surface area contributed by atoms with Crippen molar-refractivity contribution in [2.45, 2.75) is 13.5 Å². The van der Waals surface area contributed by atoms with Crippen LogP contribution in [0, 0.1) is 6.92 Å². The molecule has 1 N–H and O–H groups in total. The fourth-order valence-electron chi connectivity index (χ4n) is 1.63. The topological polar surface area (TPSA) is 62.4 Å². The third-order valence-corrected chi connectivity index (χ3v) is 2.39. The van der Waals surface area contributed by atoms with E-state index in [0.29, 0.717) is 24.8 Å². The molecule has 0 atom stereocenters. The number of para-hydroxylation sites is 1. The highest BCUT2D eigenvalue weighted by molar-refractivity contribution is 5.45. The third-order valence-electron chi connectivity index (χ3n) is 2.39. The zero-order valence-electron chi connectivity index (χ0n) is 9.71. The van der Waals surface area contributed by atoms with Gasteiger partial charge in [0, 0.05) is 12.2 Å². The summed E-state index contributed by atoms with van der Waals surface area (Å²) in [6, 6.07) is 9.84. The smallest absolute Gasteiger partial charge is 0.246 e. The van der Waals surface area contributed by atoms with Gasteiger partial charge in [0.05, 0.1) is 13.2 Å². The lowest BCUT2D eigenvalue weighted by Crippen LogP contribution is -2.26. The van der Waals surface area contributed by atoms with Gasteiger partial charge in [-0.3, -0.25) is 0 Å². The van der Waals surface area contributed by atoms with Crippen molar-refractivity contribution < 1.29 is 9.63 Å². The fraction of sp³-hybridized carbons (Fsp3) is 0.333. The lowest BCUT2D eigenvalue weighted by molar-refractivity contribution is 0.297. The summed E-state index contributed by atoms with van der Waals surface area (Å²) in [6.45, 7) is 2.91. The molecule has 0 aliphatic rings. The van der Waals surface area contributed by atoms with E-state index >= 15 is 0 Å². The van der Waals surface area contributed by atoms with Crippen LogP contribution in [0.15, 0.2) is 34.9 Å².